The highest BCUT2D eigenvalue weighted by Gasteiger charge is 2.21. The highest BCUT2D eigenvalue weighted by Crippen LogP contribution is 2.27. The molecule has 27 heavy (non-hydrogen) atoms. The number of rotatable bonds is 8. The minimum Gasteiger partial charge on any atom is -0.357 e. The summed E-state index contributed by atoms with van der Waals surface area (Å²) in [5.74, 6) is -0.441. The van der Waals surface area contributed by atoms with Crippen LogP contribution in [0.4, 0.5) is 4.39 Å². The molecule has 144 valence electrons. The summed E-state index contributed by atoms with van der Waals surface area (Å²) in [6, 6.07) is 13.0. The number of likely N-dealkylation sites (N-methyl/N-ethyl adjacent to an activating group) is 1. The molecule has 6 heteroatoms. The number of nitrogens with one attached hydrogen (secondary N) is 1. The molecule has 4 nitrogen and oxygen atoms in total. The third-order valence-corrected chi connectivity index (χ3v) is 6.62. The van der Waals surface area contributed by atoms with Gasteiger partial charge in [-0.25, -0.2) is 12.8 Å². The molecule has 0 fully saturated rings. The zero-order valence-electron chi connectivity index (χ0n) is 15.7. The Kier molecular flexibility index (Phi) is 5.97. The molecule has 0 saturated carbocycles. The van der Waals surface area contributed by atoms with Crippen LogP contribution in [0.2, 0.25) is 0 Å². The smallest absolute Gasteiger partial charge is 0.183 e. The summed E-state index contributed by atoms with van der Waals surface area (Å²) in [4.78, 5) is 5.78. The molecule has 0 aliphatic heterocycles. The lowest BCUT2D eigenvalue weighted by atomic mass is 10.1. The van der Waals surface area contributed by atoms with Crippen molar-refractivity contribution >= 4 is 20.7 Å². The Morgan fingerprint density at radius 3 is 2.41 bits per heavy atom. The number of hydrogen-bond donors (Lipinski definition) is 1. The van der Waals surface area contributed by atoms with Crippen LogP contribution in [0.5, 0.6) is 0 Å². The van der Waals surface area contributed by atoms with E-state index in [0.29, 0.717) is 17.0 Å². The van der Waals surface area contributed by atoms with Crippen LogP contribution >= 0.6 is 0 Å². The van der Waals surface area contributed by atoms with Crippen molar-refractivity contribution in [3.63, 3.8) is 0 Å². The van der Waals surface area contributed by atoms with Crippen LogP contribution in [0.3, 0.4) is 0 Å². The number of nitrogens with zero attached hydrogens (tertiary/aromatic N) is 1. The lowest BCUT2D eigenvalue weighted by Crippen LogP contribution is -2.25. The second-order valence-corrected chi connectivity index (χ2v) is 8.61. The molecule has 0 unspecified atom stereocenters. The van der Waals surface area contributed by atoms with Gasteiger partial charge in [0, 0.05) is 23.1 Å². The maximum Gasteiger partial charge on any atom is 0.183 e. The van der Waals surface area contributed by atoms with Gasteiger partial charge in [0.15, 0.2) is 9.84 Å². The maximum atomic E-state index is 13.8. The zero-order chi connectivity index (χ0) is 19.4. The predicted molar refractivity (Wildman–Crippen MR) is 107 cm³/mol. The lowest BCUT2D eigenvalue weighted by Gasteiger charge is -2.18. The standard InChI is InChI=1S/C21H25FN2O2S/c1-3-24(4-2)13-12-18-19-14-16(22)10-11-20(19)23-21(18)15-27(25,26)17-8-6-5-7-9-17/h5-11,14,23H,3-4,12-13,15H2,1-2H3. The molecule has 0 atom stereocenters. The van der Waals surface area contributed by atoms with Crippen LogP contribution in [0.15, 0.2) is 53.4 Å². The van der Waals surface area contributed by atoms with E-state index in [0.717, 1.165) is 36.1 Å². The molecule has 0 amide bonds. The minimum absolute atomic E-state index is 0.124. The summed E-state index contributed by atoms with van der Waals surface area (Å²) in [6.45, 7) is 6.84. The van der Waals surface area contributed by atoms with Crippen molar-refractivity contribution in [3.05, 3.63) is 65.6 Å². The Bertz CT molecular complexity index is 1010. The highest BCUT2D eigenvalue weighted by atomic mass is 32.2. The Morgan fingerprint density at radius 2 is 1.74 bits per heavy atom. The first-order valence-corrected chi connectivity index (χ1v) is 10.9. The van der Waals surface area contributed by atoms with Gasteiger partial charge >= 0.3 is 0 Å². The fourth-order valence-corrected chi connectivity index (χ4v) is 4.76. The van der Waals surface area contributed by atoms with E-state index in [1.54, 1.807) is 36.4 Å². The van der Waals surface area contributed by atoms with Crippen LogP contribution in [-0.4, -0.2) is 37.9 Å². The van der Waals surface area contributed by atoms with E-state index in [4.69, 9.17) is 0 Å². The van der Waals surface area contributed by atoms with Crippen molar-refractivity contribution in [1.82, 2.24) is 9.88 Å². The number of hydrogen-bond acceptors (Lipinski definition) is 3. The van der Waals surface area contributed by atoms with Crippen molar-refractivity contribution in [1.29, 1.82) is 0 Å². The van der Waals surface area contributed by atoms with E-state index in [9.17, 15) is 12.8 Å². The lowest BCUT2D eigenvalue weighted by molar-refractivity contribution is 0.308. The number of benzene rings is 2. The fraction of sp³-hybridized carbons (Fsp3) is 0.333. The number of aromatic nitrogens is 1. The van der Waals surface area contributed by atoms with Crippen LogP contribution in [0, 0.1) is 5.82 Å². The molecular weight excluding hydrogens is 363 g/mol. The molecule has 0 radical (unpaired) electrons. The van der Waals surface area contributed by atoms with Gasteiger partial charge in [0.2, 0.25) is 0 Å². The Labute approximate surface area is 159 Å². The monoisotopic (exact) mass is 388 g/mol. The first-order valence-electron chi connectivity index (χ1n) is 9.23. The van der Waals surface area contributed by atoms with E-state index in [1.807, 2.05) is 0 Å². The van der Waals surface area contributed by atoms with E-state index >= 15 is 0 Å². The molecular formula is C21H25FN2O2S. The third kappa shape index (κ3) is 4.39. The van der Waals surface area contributed by atoms with Gasteiger partial charge in [-0.15, -0.1) is 0 Å². The number of fused-ring (bicyclic) bond motifs is 1. The van der Waals surface area contributed by atoms with Gasteiger partial charge in [-0.2, -0.15) is 0 Å². The maximum absolute atomic E-state index is 13.8. The largest absolute Gasteiger partial charge is 0.357 e. The van der Waals surface area contributed by atoms with E-state index in [1.165, 1.54) is 12.1 Å². The summed E-state index contributed by atoms with van der Waals surface area (Å²) in [5, 5.41) is 0.764. The third-order valence-electron chi connectivity index (χ3n) is 4.97. The van der Waals surface area contributed by atoms with E-state index < -0.39 is 9.84 Å². The average Bonchev–Trinajstić information content (AvgIpc) is 2.99. The molecule has 1 N–H and O–H groups in total. The van der Waals surface area contributed by atoms with Gasteiger partial charge in [0.1, 0.15) is 5.82 Å². The number of halogens is 1. The molecule has 2 aromatic carbocycles. The average molecular weight is 389 g/mol. The zero-order valence-corrected chi connectivity index (χ0v) is 16.5. The Morgan fingerprint density at radius 1 is 1.04 bits per heavy atom. The van der Waals surface area contributed by atoms with Crippen LogP contribution < -0.4 is 0 Å². The molecule has 0 aliphatic carbocycles. The summed E-state index contributed by atoms with van der Waals surface area (Å²) in [7, 11) is -3.48. The van der Waals surface area contributed by atoms with Crippen molar-refractivity contribution in [2.24, 2.45) is 0 Å². The minimum atomic E-state index is -3.48. The summed E-state index contributed by atoms with van der Waals surface area (Å²) in [5.41, 5.74) is 2.30. The Balaban J connectivity index is 2.00. The molecule has 0 saturated heterocycles. The first-order chi connectivity index (χ1) is 12.9. The molecule has 1 heterocycles. The second kappa shape index (κ2) is 8.23. The van der Waals surface area contributed by atoms with Gasteiger partial charge < -0.3 is 9.88 Å². The van der Waals surface area contributed by atoms with Crippen molar-refractivity contribution in [2.45, 2.75) is 30.9 Å². The van der Waals surface area contributed by atoms with Gasteiger partial charge in [-0.3, -0.25) is 0 Å². The van der Waals surface area contributed by atoms with E-state index in [-0.39, 0.29) is 11.6 Å². The van der Waals surface area contributed by atoms with Gasteiger partial charge in [0.25, 0.3) is 0 Å². The number of H-pyrrole nitrogens is 1. The quantitative estimate of drug-likeness (QED) is 0.630. The SMILES string of the molecule is CCN(CC)CCc1c(CS(=O)(=O)c2ccccc2)[nH]c2ccc(F)cc12. The van der Waals surface area contributed by atoms with Gasteiger partial charge in [0.05, 0.1) is 10.6 Å². The van der Waals surface area contributed by atoms with Crippen molar-refractivity contribution in [2.75, 3.05) is 19.6 Å². The van der Waals surface area contributed by atoms with Gasteiger partial charge in [-0.05, 0) is 55.4 Å². The summed E-state index contributed by atoms with van der Waals surface area (Å²) in [6.07, 6.45) is 0.671. The van der Waals surface area contributed by atoms with Crippen LogP contribution in [0.25, 0.3) is 10.9 Å². The predicted octanol–water partition coefficient (Wildman–Crippen LogP) is 4.17. The number of sulfone groups is 1. The highest BCUT2D eigenvalue weighted by molar-refractivity contribution is 7.90. The Hall–Kier alpha value is -2.18. The van der Waals surface area contributed by atoms with Crippen LogP contribution in [-0.2, 0) is 22.0 Å². The molecule has 3 aromatic rings. The molecule has 0 bridgehead atoms. The molecule has 0 spiro atoms. The fourth-order valence-electron chi connectivity index (χ4n) is 3.40. The summed E-state index contributed by atoms with van der Waals surface area (Å²) < 4.78 is 39.5. The van der Waals surface area contributed by atoms with Crippen molar-refractivity contribution < 1.29 is 12.8 Å². The van der Waals surface area contributed by atoms with Crippen LogP contribution in [0.1, 0.15) is 25.1 Å². The summed E-state index contributed by atoms with van der Waals surface area (Å²) >= 11 is 0. The van der Waals surface area contributed by atoms with Crippen molar-refractivity contribution in [3.8, 4) is 0 Å². The first kappa shape index (κ1) is 19.6. The molecule has 1 aromatic heterocycles. The van der Waals surface area contributed by atoms with E-state index in [2.05, 4.69) is 23.7 Å². The second-order valence-electron chi connectivity index (χ2n) is 6.62. The topological polar surface area (TPSA) is 53.2 Å². The molecule has 3 rings (SSSR count). The molecule has 0 aliphatic rings. The van der Waals surface area contributed by atoms with Gasteiger partial charge in [-0.1, -0.05) is 32.0 Å². The number of aromatic amines is 1. The normalized spacial score (nSPS) is 12.1.